The number of hydrogen-bond donors (Lipinski definition) is 2. The van der Waals surface area contributed by atoms with E-state index in [1.165, 1.54) is 61.3 Å². The molecule has 2 amide bonds. The number of carbonyl (C=O) groups is 2. The van der Waals surface area contributed by atoms with Crippen LogP contribution in [-0.4, -0.2) is 84.5 Å². The average Bonchev–Trinajstić information content (AvgIpc) is 3.92. The molecule has 2 aromatic carbocycles. The summed E-state index contributed by atoms with van der Waals surface area (Å²) in [5.41, 5.74) is -0.784. The molecule has 2 saturated carbocycles. The summed E-state index contributed by atoms with van der Waals surface area (Å²) in [6.07, 6.45) is 5.56. The number of amides is 2. The maximum absolute atomic E-state index is 12.9. The number of thioether (sulfide) groups is 2. The minimum Gasteiger partial charge on any atom is -0.348 e. The molecule has 0 aromatic heterocycles. The molecule has 6 nitrogen and oxygen atoms in total. The van der Waals surface area contributed by atoms with Crippen LogP contribution in [0.1, 0.15) is 96.1 Å². The largest absolute Gasteiger partial charge is 0.416 e. The van der Waals surface area contributed by atoms with Gasteiger partial charge in [0.25, 0.3) is 11.8 Å². The highest BCUT2D eigenvalue weighted by atomic mass is 32.2. The van der Waals surface area contributed by atoms with Crippen molar-refractivity contribution >= 4 is 35.3 Å². The number of hydrogen-bond acceptors (Lipinski definition) is 6. The van der Waals surface area contributed by atoms with Crippen molar-refractivity contribution in [3.05, 3.63) is 58.7 Å². The van der Waals surface area contributed by atoms with Gasteiger partial charge in [-0.25, -0.2) is 0 Å². The second-order valence-electron chi connectivity index (χ2n) is 13.5. The zero-order valence-corrected chi connectivity index (χ0v) is 30.1. The molecule has 0 spiro atoms. The van der Waals surface area contributed by atoms with E-state index < -0.39 is 23.5 Å². The van der Waals surface area contributed by atoms with Gasteiger partial charge in [0.2, 0.25) is 0 Å². The van der Waals surface area contributed by atoms with Gasteiger partial charge >= 0.3 is 12.4 Å². The highest BCUT2D eigenvalue weighted by Crippen LogP contribution is 2.35. The molecule has 0 bridgehead atoms. The first-order valence-electron chi connectivity index (χ1n) is 17.4. The molecule has 2 saturated heterocycles. The number of carbonyl (C=O) groups excluding carboxylic acids is 2. The first kappa shape index (κ1) is 38.8. The maximum Gasteiger partial charge on any atom is 0.416 e. The normalized spacial score (nSPS) is 24.6. The molecule has 2 N–H and O–H groups in total. The highest BCUT2D eigenvalue weighted by Gasteiger charge is 2.37. The SMILES string of the molecule is CSc1cc(C(F)(F)F)ccc1C(=O)N[C@@H]1CCC[C@@H]1N1CCCC1.CSc1cc(C(F)(F)F)ccc1C(=O)N[C@H]1CCC[C@H]1N1CCCC1. The van der Waals surface area contributed by atoms with E-state index in [4.69, 9.17) is 0 Å². The molecule has 4 aliphatic rings. The molecule has 50 heavy (non-hydrogen) atoms. The lowest BCUT2D eigenvalue weighted by Gasteiger charge is -2.29. The van der Waals surface area contributed by atoms with Crippen LogP contribution in [0.5, 0.6) is 0 Å². The number of alkyl halides is 6. The Labute approximate surface area is 298 Å². The summed E-state index contributed by atoms with van der Waals surface area (Å²) < 4.78 is 77.2. The lowest BCUT2D eigenvalue weighted by molar-refractivity contribution is -0.138. The van der Waals surface area contributed by atoms with E-state index >= 15 is 0 Å². The quantitative estimate of drug-likeness (QED) is 0.210. The third-order valence-electron chi connectivity index (χ3n) is 10.4. The molecule has 2 aliphatic heterocycles. The van der Waals surface area contributed by atoms with Gasteiger partial charge in [-0.1, -0.05) is 0 Å². The molecule has 14 heteroatoms. The summed E-state index contributed by atoms with van der Waals surface area (Å²) >= 11 is 2.33. The number of halogens is 6. The zero-order valence-electron chi connectivity index (χ0n) is 28.5. The van der Waals surface area contributed by atoms with E-state index in [9.17, 15) is 35.9 Å². The zero-order chi connectivity index (χ0) is 36.1. The molecule has 2 heterocycles. The summed E-state index contributed by atoms with van der Waals surface area (Å²) in [5.74, 6) is -0.539. The molecule has 2 aromatic rings. The topological polar surface area (TPSA) is 64.7 Å². The van der Waals surface area contributed by atoms with Gasteiger partial charge in [0.15, 0.2) is 0 Å². The van der Waals surface area contributed by atoms with Crippen LogP contribution in [0, 0.1) is 0 Å². The molecular weight excluding hydrogens is 699 g/mol. The third kappa shape index (κ3) is 9.51. The average molecular weight is 745 g/mol. The van der Waals surface area contributed by atoms with Crippen molar-refractivity contribution < 1.29 is 35.9 Å². The lowest BCUT2D eigenvalue weighted by atomic mass is 10.1. The van der Waals surface area contributed by atoms with Crippen LogP contribution in [0.25, 0.3) is 0 Å². The van der Waals surface area contributed by atoms with Crippen LogP contribution in [-0.2, 0) is 12.4 Å². The van der Waals surface area contributed by atoms with Crippen LogP contribution < -0.4 is 10.6 Å². The number of rotatable bonds is 8. The first-order chi connectivity index (χ1) is 23.8. The van der Waals surface area contributed by atoms with Crippen LogP contribution in [0.4, 0.5) is 26.3 Å². The van der Waals surface area contributed by atoms with E-state index in [1.807, 2.05) is 0 Å². The monoisotopic (exact) mass is 744 g/mol. The van der Waals surface area contributed by atoms with Crippen LogP contribution in [0.2, 0.25) is 0 Å². The molecule has 0 radical (unpaired) electrons. The van der Waals surface area contributed by atoms with Gasteiger partial charge in [-0.05, 0) is 139 Å². The van der Waals surface area contributed by atoms with Crippen molar-refractivity contribution in [1.29, 1.82) is 0 Å². The lowest BCUT2D eigenvalue weighted by Crippen LogP contribution is -2.47. The van der Waals surface area contributed by atoms with E-state index in [2.05, 4.69) is 20.4 Å². The van der Waals surface area contributed by atoms with Crippen LogP contribution in [0.3, 0.4) is 0 Å². The van der Waals surface area contributed by atoms with Crippen LogP contribution in [0.15, 0.2) is 46.2 Å². The Bertz CT molecular complexity index is 1370. The van der Waals surface area contributed by atoms with E-state index in [1.54, 1.807) is 12.5 Å². The predicted octanol–water partition coefficient (Wildman–Crippen LogP) is 8.35. The smallest absolute Gasteiger partial charge is 0.348 e. The van der Waals surface area contributed by atoms with Gasteiger partial charge in [0, 0.05) is 34.0 Å². The van der Waals surface area contributed by atoms with Crippen molar-refractivity contribution in [2.24, 2.45) is 0 Å². The Morgan fingerprint density at radius 3 is 1.28 bits per heavy atom. The molecule has 4 atom stereocenters. The maximum atomic E-state index is 12.9. The Balaban J connectivity index is 0.000000194. The van der Waals surface area contributed by atoms with Gasteiger partial charge in [0.1, 0.15) is 0 Å². The Kier molecular flexibility index (Phi) is 13.1. The van der Waals surface area contributed by atoms with Crippen molar-refractivity contribution in [1.82, 2.24) is 20.4 Å². The van der Waals surface area contributed by atoms with E-state index in [0.717, 1.165) is 89.0 Å². The van der Waals surface area contributed by atoms with Gasteiger partial charge in [-0.15, -0.1) is 23.5 Å². The first-order valence-corrected chi connectivity index (χ1v) is 19.9. The van der Waals surface area contributed by atoms with E-state index in [-0.39, 0.29) is 23.9 Å². The highest BCUT2D eigenvalue weighted by molar-refractivity contribution is 7.99. The van der Waals surface area contributed by atoms with E-state index in [0.29, 0.717) is 33.0 Å². The summed E-state index contributed by atoms with van der Waals surface area (Å²) in [6, 6.07) is 7.58. The van der Waals surface area contributed by atoms with Gasteiger partial charge < -0.3 is 10.6 Å². The fourth-order valence-corrected chi connectivity index (χ4v) is 9.09. The van der Waals surface area contributed by atoms with Crippen molar-refractivity contribution in [3.8, 4) is 0 Å². The number of nitrogens with zero attached hydrogens (tertiary/aromatic N) is 2. The minimum atomic E-state index is -4.40. The van der Waals surface area contributed by atoms with Gasteiger partial charge in [0.05, 0.1) is 22.3 Å². The molecule has 4 fully saturated rings. The van der Waals surface area contributed by atoms with Crippen molar-refractivity contribution in [2.75, 3.05) is 38.7 Å². The predicted molar refractivity (Wildman–Crippen MR) is 186 cm³/mol. The Hall–Kier alpha value is -2.42. The fraction of sp³-hybridized carbons (Fsp3) is 0.611. The molecule has 2 aliphatic carbocycles. The van der Waals surface area contributed by atoms with Crippen molar-refractivity contribution in [2.45, 2.75) is 111 Å². The Morgan fingerprint density at radius 2 is 0.960 bits per heavy atom. The minimum absolute atomic E-state index is 0.0857. The molecule has 276 valence electrons. The summed E-state index contributed by atoms with van der Waals surface area (Å²) in [7, 11) is 0. The van der Waals surface area contributed by atoms with Gasteiger partial charge in [-0.3, -0.25) is 19.4 Å². The second-order valence-corrected chi connectivity index (χ2v) is 15.2. The summed E-state index contributed by atoms with van der Waals surface area (Å²) in [6.45, 7) is 4.31. The Morgan fingerprint density at radius 1 is 0.600 bits per heavy atom. The van der Waals surface area contributed by atoms with Crippen LogP contribution >= 0.6 is 23.5 Å². The number of benzene rings is 2. The summed E-state index contributed by atoms with van der Waals surface area (Å²) in [4.78, 5) is 31.0. The summed E-state index contributed by atoms with van der Waals surface area (Å²) in [5, 5.41) is 6.16. The van der Waals surface area contributed by atoms with Crippen molar-refractivity contribution in [3.63, 3.8) is 0 Å². The second kappa shape index (κ2) is 16.9. The fourth-order valence-electron chi connectivity index (χ4n) is 7.84. The third-order valence-corrected chi connectivity index (χ3v) is 11.9. The molecular formula is C36H46F6N4O2S2. The standard InChI is InChI=1S/2C18H23F3N2OS/c2*1-25-16-11-12(18(19,20)21)7-8-13(16)17(24)22-14-5-4-6-15(14)23-9-2-3-10-23/h2*7-8,11,14-15H,2-6,9-10H2,1H3,(H,22,24)/t2*14-,15+/m10/s1. The number of likely N-dealkylation sites (tertiary alicyclic amines) is 2. The molecule has 6 rings (SSSR count). The van der Waals surface area contributed by atoms with Gasteiger partial charge in [-0.2, -0.15) is 26.3 Å². The number of nitrogens with one attached hydrogen (secondary N) is 2. The molecule has 0 unspecified atom stereocenters.